The van der Waals surface area contributed by atoms with Gasteiger partial charge in [0, 0.05) is 24.6 Å². The number of nitrogens with one attached hydrogen (secondary N) is 1. The lowest BCUT2D eigenvalue weighted by atomic mass is 10.2. The minimum Gasteiger partial charge on any atom is -0.357 e. The van der Waals surface area contributed by atoms with E-state index >= 15 is 0 Å². The van der Waals surface area contributed by atoms with Crippen molar-refractivity contribution in [3.63, 3.8) is 0 Å². The molecule has 0 aliphatic carbocycles. The van der Waals surface area contributed by atoms with Gasteiger partial charge in [0.05, 0.1) is 11.4 Å². The summed E-state index contributed by atoms with van der Waals surface area (Å²) in [7, 11) is -1.76. The first-order valence-corrected chi connectivity index (χ1v) is 10.5. The van der Waals surface area contributed by atoms with Gasteiger partial charge in [0.25, 0.3) is 0 Å². The Bertz CT molecular complexity index is 884. The minimum absolute atomic E-state index is 0.0942. The fourth-order valence-corrected chi connectivity index (χ4v) is 3.41. The Labute approximate surface area is 163 Å². The molecule has 6 nitrogen and oxygen atoms in total. The van der Waals surface area contributed by atoms with E-state index in [0.29, 0.717) is 13.1 Å². The Morgan fingerprint density at radius 2 is 1.96 bits per heavy atom. The van der Waals surface area contributed by atoms with E-state index in [4.69, 9.17) is 5.14 Å². The van der Waals surface area contributed by atoms with Gasteiger partial charge in [-0.1, -0.05) is 46.3 Å². The van der Waals surface area contributed by atoms with E-state index in [2.05, 4.69) is 32.3 Å². The number of hydrogen-bond donors (Lipinski definition) is 2. The van der Waals surface area contributed by atoms with Crippen molar-refractivity contribution in [2.75, 3.05) is 13.6 Å². The highest BCUT2D eigenvalue weighted by atomic mass is 79.9. The zero-order valence-electron chi connectivity index (χ0n) is 14.8. The number of nitrogens with zero attached hydrogens (tertiary/aromatic N) is 2. The molecule has 0 saturated heterocycles. The van der Waals surface area contributed by atoms with Crippen molar-refractivity contribution in [3.05, 3.63) is 64.1 Å². The number of benzene rings is 2. The molecule has 0 unspecified atom stereocenters. The highest BCUT2D eigenvalue weighted by Crippen LogP contribution is 2.17. The van der Waals surface area contributed by atoms with Crippen molar-refractivity contribution in [1.29, 1.82) is 0 Å². The summed E-state index contributed by atoms with van der Waals surface area (Å²) in [5.74, 6) is 0.740. The second kappa shape index (κ2) is 9.16. The molecular weight excluding hydrogens is 416 g/mol. The van der Waals surface area contributed by atoms with Crippen molar-refractivity contribution < 1.29 is 8.42 Å². The molecule has 2 aromatic rings. The van der Waals surface area contributed by atoms with Gasteiger partial charge < -0.3 is 10.2 Å². The van der Waals surface area contributed by atoms with Crippen LogP contribution in [0, 0.1) is 0 Å². The quantitative estimate of drug-likeness (QED) is 0.535. The average Bonchev–Trinajstić information content (AvgIpc) is 2.60. The molecular formula is C18H23BrN4O2S. The van der Waals surface area contributed by atoms with E-state index in [0.717, 1.165) is 28.1 Å². The smallest absolute Gasteiger partial charge is 0.238 e. The predicted molar refractivity (Wildman–Crippen MR) is 108 cm³/mol. The lowest BCUT2D eigenvalue weighted by Gasteiger charge is -2.22. The molecule has 0 heterocycles. The Kier molecular flexibility index (Phi) is 7.19. The van der Waals surface area contributed by atoms with E-state index < -0.39 is 10.0 Å². The fourth-order valence-electron chi connectivity index (χ4n) is 2.41. The van der Waals surface area contributed by atoms with E-state index in [1.165, 1.54) is 6.07 Å². The van der Waals surface area contributed by atoms with Crippen LogP contribution in [0.1, 0.15) is 18.1 Å². The Hall–Kier alpha value is -1.90. The van der Waals surface area contributed by atoms with Crippen LogP contribution in [-0.4, -0.2) is 32.9 Å². The van der Waals surface area contributed by atoms with Gasteiger partial charge in [-0.25, -0.2) is 18.5 Å². The molecule has 2 rings (SSSR count). The number of aliphatic imine (C=N–C) groups is 1. The van der Waals surface area contributed by atoms with E-state index in [1.54, 1.807) is 12.1 Å². The molecule has 0 aliphatic rings. The van der Waals surface area contributed by atoms with Crippen LogP contribution in [0.25, 0.3) is 0 Å². The standard InChI is InChI=1S/C18H23BrN4O2S/c1-3-21-18(23(2)13-15-8-4-5-10-17(15)19)22-12-14-7-6-9-16(11-14)26(20,24)25/h4-11H,3,12-13H2,1-2H3,(H,21,22)(H2,20,24,25). The second-order valence-electron chi connectivity index (χ2n) is 5.81. The zero-order chi connectivity index (χ0) is 19.2. The van der Waals surface area contributed by atoms with Gasteiger partial charge in [0.15, 0.2) is 5.96 Å². The van der Waals surface area contributed by atoms with Gasteiger partial charge in [-0.15, -0.1) is 0 Å². The molecule has 0 saturated carbocycles. The normalized spacial score (nSPS) is 12.1. The number of hydrogen-bond acceptors (Lipinski definition) is 3. The van der Waals surface area contributed by atoms with Crippen LogP contribution < -0.4 is 10.5 Å². The Balaban J connectivity index is 2.17. The first-order valence-electron chi connectivity index (χ1n) is 8.16. The zero-order valence-corrected chi connectivity index (χ0v) is 17.2. The number of nitrogens with two attached hydrogens (primary N) is 1. The van der Waals surface area contributed by atoms with Gasteiger partial charge in [0.2, 0.25) is 10.0 Å². The SMILES string of the molecule is CCNC(=NCc1cccc(S(N)(=O)=O)c1)N(C)Cc1ccccc1Br. The fraction of sp³-hybridized carbons (Fsp3) is 0.278. The third kappa shape index (κ3) is 5.82. The maximum absolute atomic E-state index is 11.5. The summed E-state index contributed by atoms with van der Waals surface area (Å²) >= 11 is 3.56. The first-order chi connectivity index (χ1) is 12.3. The molecule has 0 bridgehead atoms. The number of primary sulfonamides is 1. The molecule has 2 aromatic carbocycles. The summed E-state index contributed by atoms with van der Waals surface area (Å²) in [6.07, 6.45) is 0. The first kappa shape index (κ1) is 20.4. The summed E-state index contributed by atoms with van der Waals surface area (Å²) in [5.41, 5.74) is 1.93. The van der Waals surface area contributed by atoms with Crippen LogP contribution >= 0.6 is 15.9 Å². The van der Waals surface area contributed by atoms with Crippen LogP contribution in [0.2, 0.25) is 0 Å². The van der Waals surface area contributed by atoms with Gasteiger partial charge >= 0.3 is 0 Å². The summed E-state index contributed by atoms with van der Waals surface area (Å²) in [6.45, 7) is 3.77. The van der Waals surface area contributed by atoms with Crippen LogP contribution in [0.15, 0.2) is 62.9 Å². The molecule has 0 atom stereocenters. The summed E-state index contributed by atoms with van der Waals surface area (Å²) < 4.78 is 24.0. The number of rotatable bonds is 6. The largest absolute Gasteiger partial charge is 0.357 e. The molecule has 8 heteroatoms. The van der Waals surface area contributed by atoms with Crippen molar-refractivity contribution in [3.8, 4) is 0 Å². The van der Waals surface area contributed by atoms with Crippen molar-refractivity contribution >= 4 is 31.9 Å². The number of halogens is 1. The summed E-state index contributed by atoms with van der Waals surface area (Å²) in [6, 6.07) is 14.6. The van der Waals surface area contributed by atoms with Crippen LogP contribution in [0.5, 0.6) is 0 Å². The lowest BCUT2D eigenvalue weighted by molar-refractivity contribution is 0.476. The minimum atomic E-state index is -3.72. The molecule has 0 radical (unpaired) electrons. The molecule has 0 aromatic heterocycles. The number of guanidine groups is 1. The Morgan fingerprint density at radius 3 is 2.62 bits per heavy atom. The van der Waals surface area contributed by atoms with Gasteiger partial charge in [-0.3, -0.25) is 0 Å². The van der Waals surface area contributed by atoms with Gasteiger partial charge in [-0.2, -0.15) is 0 Å². The predicted octanol–water partition coefficient (Wildman–Crippen LogP) is 2.69. The highest BCUT2D eigenvalue weighted by Gasteiger charge is 2.10. The average molecular weight is 439 g/mol. The van der Waals surface area contributed by atoms with E-state index in [9.17, 15) is 8.42 Å². The molecule has 0 aliphatic heterocycles. The molecule has 26 heavy (non-hydrogen) atoms. The molecule has 0 amide bonds. The lowest BCUT2D eigenvalue weighted by Crippen LogP contribution is -2.38. The third-order valence-electron chi connectivity index (χ3n) is 3.70. The van der Waals surface area contributed by atoms with Crippen molar-refractivity contribution in [2.24, 2.45) is 10.1 Å². The molecule has 0 fully saturated rings. The highest BCUT2D eigenvalue weighted by molar-refractivity contribution is 9.10. The van der Waals surface area contributed by atoms with Crippen LogP contribution in [0.4, 0.5) is 0 Å². The van der Waals surface area contributed by atoms with Crippen LogP contribution in [-0.2, 0) is 23.1 Å². The van der Waals surface area contributed by atoms with Crippen molar-refractivity contribution in [2.45, 2.75) is 24.9 Å². The molecule has 0 spiro atoms. The number of sulfonamides is 1. The maximum Gasteiger partial charge on any atom is 0.238 e. The summed E-state index contributed by atoms with van der Waals surface area (Å²) in [4.78, 5) is 6.73. The van der Waals surface area contributed by atoms with E-state index in [1.807, 2.05) is 43.1 Å². The summed E-state index contributed by atoms with van der Waals surface area (Å²) in [5, 5.41) is 8.44. The van der Waals surface area contributed by atoms with Gasteiger partial charge in [0.1, 0.15) is 0 Å². The maximum atomic E-state index is 11.5. The van der Waals surface area contributed by atoms with Crippen molar-refractivity contribution in [1.82, 2.24) is 10.2 Å². The third-order valence-corrected chi connectivity index (χ3v) is 5.38. The van der Waals surface area contributed by atoms with Crippen LogP contribution in [0.3, 0.4) is 0 Å². The van der Waals surface area contributed by atoms with E-state index in [-0.39, 0.29) is 4.90 Å². The van der Waals surface area contributed by atoms with Gasteiger partial charge in [-0.05, 0) is 36.2 Å². The topological polar surface area (TPSA) is 87.8 Å². The molecule has 140 valence electrons. The molecule has 3 N–H and O–H groups in total. The Morgan fingerprint density at radius 1 is 1.23 bits per heavy atom. The second-order valence-corrected chi connectivity index (χ2v) is 8.23. The monoisotopic (exact) mass is 438 g/mol.